The minimum absolute atomic E-state index is 0.110. The van der Waals surface area contributed by atoms with Crippen LogP contribution in [0.3, 0.4) is 0 Å². The molecule has 0 aromatic heterocycles. The first-order chi connectivity index (χ1) is 7.67. The van der Waals surface area contributed by atoms with Crippen LogP contribution in [0, 0.1) is 29.1 Å². The van der Waals surface area contributed by atoms with Gasteiger partial charge < -0.3 is 0 Å². The molecule has 1 unspecified atom stereocenters. The van der Waals surface area contributed by atoms with Crippen molar-refractivity contribution in [2.45, 2.75) is 12.8 Å². The summed E-state index contributed by atoms with van der Waals surface area (Å²) in [5.41, 5.74) is -0.522. The maximum absolute atomic E-state index is 11.3. The molecule has 1 atom stereocenters. The fourth-order valence-electron chi connectivity index (χ4n) is 1.54. The molecule has 1 N–H and O–H groups in total. The number of carbonyl (C=O) groups is 1. The molecule has 0 aromatic rings. The second-order valence-electron chi connectivity index (χ2n) is 3.54. The van der Waals surface area contributed by atoms with Gasteiger partial charge in [-0.05, 0) is 36.8 Å². The summed E-state index contributed by atoms with van der Waals surface area (Å²) < 4.78 is 0. The van der Waals surface area contributed by atoms with E-state index in [0.29, 0.717) is 13.0 Å². The number of nitriles is 1. The van der Waals surface area contributed by atoms with Gasteiger partial charge in [-0.25, -0.2) is 4.84 Å². The summed E-state index contributed by atoms with van der Waals surface area (Å²) in [6.07, 6.45) is 11.5. The van der Waals surface area contributed by atoms with Crippen LogP contribution in [0.25, 0.3) is 0 Å². The Bertz CT molecular complexity index is 425. The van der Waals surface area contributed by atoms with Crippen LogP contribution in [0.1, 0.15) is 12.8 Å². The number of terminal acetylenes is 1. The van der Waals surface area contributed by atoms with Crippen LogP contribution in [0.2, 0.25) is 0 Å². The van der Waals surface area contributed by atoms with Crippen molar-refractivity contribution in [3.63, 3.8) is 0 Å². The molecule has 0 fully saturated rings. The van der Waals surface area contributed by atoms with Gasteiger partial charge in [0.15, 0.2) is 5.78 Å². The summed E-state index contributed by atoms with van der Waals surface area (Å²) in [6.45, 7) is 0.627. The van der Waals surface area contributed by atoms with Crippen LogP contribution in [-0.2, 0) is 4.79 Å². The van der Waals surface area contributed by atoms with Crippen molar-refractivity contribution in [1.29, 1.82) is 5.26 Å². The van der Waals surface area contributed by atoms with Crippen LogP contribution < -0.4 is 4.84 Å². The Labute approximate surface area is 99.9 Å². The first-order valence-corrected chi connectivity index (χ1v) is 5.23. The van der Waals surface area contributed by atoms with Crippen LogP contribution in [-0.4, -0.2) is 12.3 Å². The quantitative estimate of drug-likeness (QED) is 0.458. The molecule has 0 spiro atoms. The predicted molar refractivity (Wildman–Crippen MR) is 62.2 cm³/mol. The molecule has 0 aromatic carbocycles. The zero-order valence-electron chi connectivity index (χ0n) is 8.66. The van der Waals surface area contributed by atoms with Gasteiger partial charge in [0.2, 0.25) is 0 Å². The van der Waals surface area contributed by atoms with Crippen molar-refractivity contribution < 1.29 is 4.79 Å². The number of allylic oxidation sites excluding steroid dienone is 4. The highest BCUT2D eigenvalue weighted by molar-refractivity contribution is 6.13. The molecule has 0 heterocycles. The first-order valence-electron chi connectivity index (χ1n) is 4.85. The smallest absolute Gasteiger partial charge is 0.195 e. The van der Waals surface area contributed by atoms with Gasteiger partial charge >= 0.3 is 0 Å². The lowest BCUT2D eigenvalue weighted by molar-refractivity contribution is -0.111. The third kappa shape index (κ3) is 2.73. The van der Waals surface area contributed by atoms with Crippen molar-refractivity contribution >= 4 is 17.6 Å². The van der Waals surface area contributed by atoms with Crippen LogP contribution in [0.5, 0.6) is 0 Å². The second kappa shape index (κ2) is 5.51. The summed E-state index contributed by atoms with van der Waals surface area (Å²) in [5.74, 6) is 2.34. The third-order valence-electron chi connectivity index (χ3n) is 2.45. The lowest BCUT2D eigenvalue weighted by atomic mass is 9.78. The predicted octanol–water partition coefficient (Wildman–Crippen LogP) is 1.72. The van der Waals surface area contributed by atoms with E-state index >= 15 is 0 Å². The van der Waals surface area contributed by atoms with Crippen molar-refractivity contribution in [1.82, 2.24) is 4.84 Å². The molecule has 0 saturated heterocycles. The zero-order valence-corrected chi connectivity index (χ0v) is 9.42. The van der Waals surface area contributed by atoms with Gasteiger partial charge in [-0.2, -0.15) is 5.26 Å². The Kier molecular flexibility index (Phi) is 4.31. The Morgan fingerprint density at radius 1 is 1.62 bits per heavy atom. The lowest BCUT2D eigenvalue weighted by Gasteiger charge is -2.23. The van der Waals surface area contributed by atoms with Gasteiger partial charge in [0, 0.05) is 6.54 Å². The minimum atomic E-state index is -0.632. The summed E-state index contributed by atoms with van der Waals surface area (Å²) >= 11 is 5.35. The number of nitrogens with one attached hydrogen (secondary N) is 1. The molecular formula is C12H11ClN2O. The van der Waals surface area contributed by atoms with E-state index in [-0.39, 0.29) is 11.4 Å². The molecule has 0 amide bonds. The zero-order chi connectivity index (χ0) is 12.0. The van der Waals surface area contributed by atoms with E-state index in [4.69, 9.17) is 23.5 Å². The van der Waals surface area contributed by atoms with E-state index in [1.54, 1.807) is 12.2 Å². The van der Waals surface area contributed by atoms with Gasteiger partial charge in [-0.3, -0.25) is 4.79 Å². The van der Waals surface area contributed by atoms with Crippen molar-refractivity contribution in [2.24, 2.45) is 5.41 Å². The van der Waals surface area contributed by atoms with E-state index in [9.17, 15) is 4.79 Å². The molecule has 82 valence electrons. The normalized spacial score (nSPS) is 23.4. The summed E-state index contributed by atoms with van der Waals surface area (Å²) in [7, 11) is 0. The average Bonchev–Trinajstić information content (AvgIpc) is 2.32. The lowest BCUT2D eigenvalue weighted by Crippen LogP contribution is -2.20. The van der Waals surface area contributed by atoms with Crippen LogP contribution >= 0.6 is 11.8 Å². The Balaban J connectivity index is 2.86. The monoisotopic (exact) mass is 234 g/mol. The van der Waals surface area contributed by atoms with Crippen molar-refractivity contribution in [3.05, 3.63) is 23.8 Å². The van der Waals surface area contributed by atoms with E-state index in [1.807, 2.05) is 6.07 Å². The highest BCUT2D eigenvalue weighted by Crippen LogP contribution is 2.31. The summed E-state index contributed by atoms with van der Waals surface area (Å²) in [6, 6.07) is 1.86. The second-order valence-corrected chi connectivity index (χ2v) is 3.81. The van der Waals surface area contributed by atoms with Crippen molar-refractivity contribution in [2.75, 3.05) is 6.54 Å². The maximum atomic E-state index is 11.3. The molecule has 16 heavy (non-hydrogen) atoms. The highest BCUT2D eigenvalue weighted by Gasteiger charge is 2.27. The summed E-state index contributed by atoms with van der Waals surface area (Å²) in [4.78, 5) is 13.8. The number of hydrogen-bond donors (Lipinski definition) is 1. The number of hydrogen-bond acceptors (Lipinski definition) is 3. The van der Waals surface area contributed by atoms with E-state index in [0.717, 1.165) is 6.42 Å². The number of rotatable bonds is 4. The maximum Gasteiger partial charge on any atom is 0.195 e. The fourth-order valence-corrected chi connectivity index (χ4v) is 1.68. The number of ketones is 1. The SMILES string of the molecule is C#CC1(CCCNCl)C=CC(=O)C(C#N)=C1. The van der Waals surface area contributed by atoms with Gasteiger partial charge in [-0.1, -0.05) is 12.0 Å². The average molecular weight is 235 g/mol. The van der Waals surface area contributed by atoms with Gasteiger partial charge in [0.25, 0.3) is 0 Å². The van der Waals surface area contributed by atoms with Crippen LogP contribution in [0.15, 0.2) is 23.8 Å². The standard InChI is InChI=1S/C12H11ClN2O/c1-2-12(5-3-7-15-13)6-4-11(16)10(8-12)9-14/h1,4,6,8,15H,3,5,7H2. The Hall–Kier alpha value is -1.55. The molecule has 3 nitrogen and oxygen atoms in total. The first kappa shape index (κ1) is 12.5. The highest BCUT2D eigenvalue weighted by atomic mass is 35.5. The van der Waals surface area contributed by atoms with E-state index < -0.39 is 5.41 Å². The van der Waals surface area contributed by atoms with Crippen LogP contribution in [0.4, 0.5) is 0 Å². The molecule has 0 aliphatic heterocycles. The summed E-state index contributed by atoms with van der Waals surface area (Å²) in [5, 5.41) is 8.79. The molecule has 4 heteroatoms. The molecule has 1 aliphatic rings. The molecule has 1 aliphatic carbocycles. The molecule has 0 radical (unpaired) electrons. The molecule has 1 rings (SSSR count). The van der Waals surface area contributed by atoms with Gasteiger partial charge in [0.1, 0.15) is 6.07 Å². The fraction of sp³-hybridized carbons (Fsp3) is 0.333. The van der Waals surface area contributed by atoms with Gasteiger partial charge in [0.05, 0.1) is 11.0 Å². The van der Waals surface area contributed by atoms with E-state index in [1.165, 1.54) is 6.08 Å². The Morgan fingerprint density at radius 2 is 2.38 bits per heavy atom. The largest absolute Gasteiger partial charge is 0.289 e. The van der Waals surface area contributed by atoms with Gasteiger partial charge in [-0.15, -0.1) is 6.42 Å². The molecule has 0 bridgehead atoms. The van der Waals surface area contributed by atoms with E-state index in [2.05, 4.69) is 10.8 Å². The van der Waals surface area contributed by atoms with Crippen molar-refractivity contribution in [3.8, 4) is 18.4 Å². The molecular weight excluding hydrogens is 224 g/mol. The topological polar surface area (TPSA) is 52.9 Å². The minimum Gasteiger partial charge on any atom is -0.289 e. The number of carbonyl (C=O) groups excluding carboxylic acids is 1. The number of halogens is 1. The third-order valence-corrected chi connectivity index (χ3v) is 2.64. The molecule has 0 saturated carbocycles. The Morgan fingerprint density at radius 3 is 2.94 bits per heavy atom. The number of nitrogens with zero attached hydrogens (tertiary/aromatic N) is 1.